The molecule has 0 spiro atoms. The Morgan fingerprint density at radius 2 is 1.74 bits per heavy atom. The zero-order chi connectivity index (χ0) is 18.5. The first-order valence-corrected chi connectivity index (χ1v) is 9.17. The number of fused-ring (bicyclic) bond motifs is 1. The van der Waals surface area contributed by atoms with E-state index in [9.17, 15) is 0 Å². The fourth-order valence-electron chi connectivity index (χ4n) is 2.83. The van der Waals surface area contributed by atoms with Gasteiger partial charge < -0.3 is 20.1 Å². The molecule has 3 aromatic rings. The number of nitrogens with one attached hydrogen (secondary N) is 2. The predicted octanol–water partition coefficient (Wildman–Crippen LogP) is 4.83. The van der Waals surface area contributed by atoms with Crippen LogP contribution in [0.3, 0.4) is 0 Å². The Hall–Kier alpha value is -3.28. The van der Waals surface area contributed by atoms with Crippen LogP contribution in [-0.4, -0.2) is 23.3 Å². The Bertz CT molecular complexity index is 915. The summed E-state index contributed by atoms with van der Waals surface area (Å²) in [5.74, 6) is 3.70. The number of benzene rings is 2. The minimum Gasteiger partial charge on any atom is -0.454 e. The standard InChI is InChI=1S/C21H22N4O2/c1-2-3-11-22-19-13-20(25-21(24-19)15-7-5-4-6-8-15)23-16-9-10-17-18(12-16)27-14-26-17/h4-10,12-13H,2-3,11,14H2,1H3,(H2,22,23,24,25). The second-order valence-corrected chi connectivity index (χ2v) is 6.30. The molecule has 6 heteroatoms. The molecule has 2 N–H and O–H groups in total. The second-order valence-electron chi connectivity index (χ2n) is 6.30. The summed E-state index contributed by atoms with van der Waals surface area (Å²) in [7, 11) is 0. The summed E-state index contributed by atoms with van der Waals surface area (Å²) in [4.78, 5) is 9.35. The third-order valence-corrected chi connectivity index (χ3v) is 4.24. The van der Waals surface area contributed by atoms with Crippen molar-refractivity contribution in [2.24, 2.45) is 0 Å². The second kappa shape index (κ2) is 7.95. The number of hydrogen-bond acceptors (Lipinski definition) is 6. The van der Waals surface area contributed by atoms with Crippen molar-refractivity contribution < 1.29 is 9.47 Å². The maximum absolute atomic E-state index is 5.45. The largest absolute Gasteiger partial charge is 0.454 e. The quantitative estimate of drug-likeness (QED) is 0.587. The van der Waals surface area contributed by atoms with Crippen molar-refractivity contribution in [1.29, 1.82) is 0 Å². The Morgan fingerprint density at radius 1 is 0.926 bits per heavy atom. The van der Waals surface area contributed by atoms with Gasteiger partial charge in [0.1, 0.15) is 11.6 Å². The maximum Gasteiger partial charge on any atom is 0.231 e. The molecule has 138 valence electrons. The molecule has 1 aromatic heterocycles. The van der Waals surface area contributed by atoms with Crippen molar-refractivity contribution in [3.8, 4) is 22.9 Å². The van der Waals surface area contributed by atoms with Crippen LogP contribution in [0.2, 0.25) is 0 Å². The average molecular weight is 362 g/mol. The molecule has 4 rings (SSSR count). The van der Waals surface area contributed by atoms with Gasteiger partial charge in [0.15, 0.2) is 17.3 Å². The Morgan fingerprint density at radius 3 is 2.59 bits per heavy atom. The van der Waals surface area contributed by atoms with Gasteiger partial charge in [-0.25, -0.2) is 9.97 Å². The molecule has 0 radical (unpaired) electrons. The van der Waals surface area contributed by atoms with Crippen LogP contribution in [0.25, 0.3) is 11.4 Å². The summed E-state index contributed by atoms with van der Waals surface area (Å²) in [6, 6.07) is 17.7. The molecule has 2 aromatic carbocycles. The molecular formula is C21H22N4O2. The van der Waals surface area contributed by atoms with Crippen molar-refractivity contribution in [1.82, 2.24) is 9.97 Å². The first-order chi connectivity index (χ1) is 13.3. The fraction of sp³-hybridized carbons (Fsp3) is 0.238. The van der Waals surface area contributed by atoms with E-state index in [0.29, 0.717) is 5.82 Å². The third-order valence-electron chi connectivity index (χ3n) is 4.24. The van der Waals surface area contributed by atoms with Gasteiger partial charge in [0, 0.05) is 29.9 Å². The Labute approximate surface area is 158 Å². The van der Waals surface area contributed by atoms with Gasteiger partial charge in [0.05, 0.1) is 0 Å². The highest BCUT2D eigenvalue weighted by molar-refractivity contribution is 5.67. The van der Waals surface area contributed by atoms with Crippen molar-refractivity contribution in [3.63, 3.8) is 0 Å². The lowest BCUT2D eigenvalue weighted by Crippen LogP contribution is -2.06. The van der Waals surface area contributed by atoms with Crippen LogP contribution in [0, 0.1) is 0 Å². The SMILES string of the molecule is CCCCNc1cc(Nc2ccc3c(c2)OCO3)nc(-c2ccccc2)n1. The van der Waals surface area contributed by atoms with Crippen LogP contribution in [0.15, 0.2) is 54.6 Å². The molecule has 1 aliphatic heterocycles. The monoisotopic (exact) mass is 362 g/mol. The van der Waals surface area contributed by atoms with E-state index in [4.69, 9.17) is 9.47 Å². The van der Waals surface area contributed by atoms with E-state index in [1.54, 1.807) is 0 Å². The summed E-state index contributed by atoms with van der Waals surface area (Å²) in [6.07, 6.45) is 2.22. The fourth-order valence-corrected chi connectivity index (χ4v) is 2.83. The molecule has 0 fully saturated rings. The molecule has 6 nitrogen and oxygen atoms in total. The van der Waals surface area contributed by atoms with Crippen molar-refractivity contribution in [3.05, 3.63) is 54.6 Å². The molecule has 0 bridgehead atoms. The first-order valence-electron chi connectivity index (χ1n) is 9.17. The van der Waals surface area contributed by atoms with E-state index >= 15 is 0 Å². The summed E-state index contributed by atoms with van der Waals surface area (Å²) in [6.45, 7) is 3.31. The summed E-state index contributed by atoms with van der Waals surface area (Å²) in [5.41, 5.74) is 1.86. The van der Waals surface area contributed by atoms with Gasteiger partial charge in [-0.3, -0.25) is 0 Å². The predicted molar refractivity (Wildman–Crippen MR) is 107 cm³/mol. The molecule has 0 unspecified atom stereocenters. The maximum atomic E-state index is 5.45. The molecule has 2 heterocycles. The highest BCUT2D eigenvalue weighted by Crippen LogP contribution is 2.35. The first kappa shape index (κ1) is 17.1. The van der Waals surface area contributed by atoms with Crippen LogP contribution < -0.4 is 20.1 Å². The zero-order valence-electron chi connectivity index (χ0n) is 15.2. The molecule has 0 saturated heterocycles. The van der Waals surface area contributed by atoms with E-state index in [1.165, 1.54) is 0 Å². The third kappa shape index (κ3) is 4.11. The Balaban J connectivity index is 1.63. The summed E-state index contributed by atoms with van der Waals surface area (Å²) in [5, 5.41) is 6.74. The van der Waals surface area contributed by atoms with Crippen molar-refractivity contribution >= 4 is 17.3 Å². The average Bonchev–Trinajstić information content (AvgIpc) is 3.17. The van der Waals surface area contributed by atoms with Gasteiger partial charge in [-0.2, -0.15) is 0 Å². The van der Waals surface area contributed by atoms with Gasteiger partial charge in [-0.1, -0.05) is 43.7 Å². The molecule has 0 aliphatic carbocycles. The number of unbranched alkanes of at least 4 members (excludes halogenated alkanes) is 1. The highest BCUT2D eigenvalue weighted by atomic mass is 16.7. The van der Waals surface area contributed by atoms with Crippen LogP contribution in [0.4, 0.5) is 17.3 Å². The van der Waals surface area contributed by atoms with E-state index in [1.807, 2.05) is 54.6 Å². The lowest BCUT2D eigenvalue weighted by molar-refractivity contribution is 0.174. The normalized spacial score (nSPS) is 12.0. The number of aromatic nitrogens is 2. The highest BCUT2D eigenvalue weighted by Gasteiger charge is 2.14. The zero-order valence-corrected chi connectivity index (χ0v) is 15.2. The van der Waals surface area contributed by atoms with Crippen LogP contribution in [0.1, 0.15) is 19.8 Å². The Kier molecular flexibility index (Phi) is 5.05. The van der Waals surface area contributed by atoms with Crippen LogP contribution in [0.5, 0.6) is 11.5 Å². The van der Waals surface area contributed by atoms with Gasteiger partial charge in [-0.05, 0) is 18.6 Å². The number of anilines is 3. The van der Waals surface area contributed by atoms with Crippen molar-refractivity contribution in [2.75, 3.05) is 24.0 Å². The van der Waals surface area contributed by atoms with Gasteiger partial charge >= 0.3 is 0 Å². The number of rotatable bonds is 7. The molecular weight excluding hydrogens is 340 g/mol. The van der Waals surface area contributed by atoms with Gasteiger partial charge in [0.25, 0.3) is 0 Å². The number of hydrogen-bond donors (Lipinski definition) is 2. The van der Waals surface area contributed by atoms with Gasteiger partial charge in [0.2, 0.25) is 6.79 Å². The lowest BCUT2D eigenvalue weighted by Gasteiger charge is -2.12. The minimum absolute atomic E-state index is 0.260. The molecule has 0 saturated carbocycles. The molecule has 0 atom stereocenters. The van der Waals surface area contributed by atoms with Gasteiger partial charge in [-0.15, -0.1) is 0 Å². The van der Waals surface area contributed by atoms with E-state index < -0.39 is 0 Å². The summed E-state index contributed by atoms with van der Waals surface area (Å²) >= 11 is 0. The molecule has 1 aliphatic rings. The molecule has 27 heavy (non-hydrogen) atoms. The number of nitrogens with zero attached hydrogens (tertiary/aromatic N) is 2. The number of ether oxygens (including phenoxy) is 2. The van der Waals surface area contributed by atoms with E-state index in [0.717, 1.165) is 53.8 Å². The minimum atomic E-state index is 0.260. The van der Waals surface area contributed by atoms with Crippen LogP contribution in [-0.2, 0) is 0 Å². The lowest BCUT2D eigenvalue weighted by atomic mass is 10.2. The van der Waals surface area contributed by atoms with Crippen LogP contribution >= 0.6 is 0 Å². The van der Waals surface area contributed by atoms with E-state index in [2.05, 4.69) is 27.5 Å². The topological polar surface area (TPSA) is 68.3 Å². The summed E-state index contributed by atoms with van der Waals surface area (Å²) < 4.78 is 10.8. The van der Waals surface area contributed by atoms with Crippen molar-refractivity contribution in [2.45, 2.75) is 19.8 Å². The molecule has 0 amide bonds. The van der Waals surface area contributed by atoms with E-state index in [-0.39, 0.29) is 6.79 Å². The smallest absolute Gasteiger partial charge is 0.231 e.